The monoisotopic (exact) mass is 205 g/mol. The van der Waals surface area contributed by atoms with E-state index in [2.05, 4.69) is 0 Å². The molecule has 0 radical (unpaired) electrons. The maximum Gasteiger partial charge on any atom is 0.304 e. The molecule has 0 amide bonds. The van der Waals surface area contributed by atoms with Crippen LogP contribution in [0.1, 0.15) is 13.8 Å². The molecule has 0 atom stereocenters. The molecular formula is C8H9ClFNO2. The molecule has 0 saturated heterocycles. The van der Waals surface area contributed by atoms with Gasteiger partial charge in [-0.1, -0.05) is 25.4 Å². The van der Waals surface area contributed by atoms with Gasteiger partial charge < -0.3 is 0 Å². The lowest BCUT2D eigenvalue weighted by Crippen LogP contribution is -1.91. The minimum Gasteiger partial charge on any atom is -0.258 e. The van der Waals surface area contributed by atoms with E-state index in [0.717, 1.165) is 12.1 Å². The Bertz CT molecular complexity index is 304. The molecule has 0 spiro atoms. The molecule has 1 rings (SSSR count). The van der Waals surface area contributed by atoms with E-state index in [-0.39, 0.29) is 5.02 Å². The van der Waals surface area contributed by atoms with Crippen molar-refractivity contribution in [2.45, 2.75) is 13.8 Å². The molecule has 0 heterocycles. The van der Waals surface area contributed by atoms with Crippen LogP contribution in [0.5, 0.6) is 0 Å². The number of halogens is 2. The van der Waals surface area contributed by atoms with Gasteiger partial charge >= 0.3 is 5.69 Å². The van der Waals surface area contributed by atoms with Gasteiger partial charge in [-0.2, -0.15) is 4.39 Å². The van der Waals surface area contributed by atoms with E-state index < -0.39 is 16.4 Å². The van der Waals surface area contributed by atoms with Gasteiger partial charge in [-0.3, -0.25) is 10.1 Å². The third-order valence-corrected chi connectivity index (χ3v) is 1.34. The van der Waals surface area contributed by atoms with E-state index in [9.17, 15) is 14.5 Å². The molecule has 13 heavy (non-hydrogen) atoms. The van der Waals surface area contributed by atoms with E-state index in [1.807, 2.05) is 13.8 Å². The highest BCUT2D eigenvalue weighted by atomic mass is 35.5. The van der Waals surface area contributed by atoms with Gasteiger partial charge in [-0.25, -0.2) is 0 Å². The molecule has 0 unspecified atom stereocenters. The van der Waals surface area contributed by atoms with Crippen molar-refractivity contribution in [3.05, 3.63) is 39.2 Å². The van der Waals surface area contributed by atoms with Crippen molar-refractivity contribution in [1.82, 2.24) is 0 Å². The Morgan fingerprint density at radius 2 is 2.00 bits per heavy atom. The summed E-state index contributed by atoms with van der Waals surface area (Å²) in [5, 5.41) is 10.2. The molecule has 0 N–H and O–H groups in total. The lowest BCUT2D eigenvalue weighted by atomic mass is 10.3. The highest BCUT2D eigenvalue weighted by molar-refractivity contribution is 6.30. The second kappa shape index (κ2) is 5.48. The lowest BCUT2D eigenvalue weighted by molar-refractivity contribution is -0.387. The number of nitrogens with zero attached hydrogens (tertiary/aromatic N) is 1. The molecule has 72 valence electrons. The van der Waals surface area contributed by atoms with E-state index in [0.29, 0.717) is 0 Å². The van der Waals surface area contributed by atoms with Crippen LogP contribution in [0, 0.1) is 15.9 Å². The molecular weight excluding hydrogens is 197 g/mol. The summed E-state index contributed by atoms with van der Waals surface area (Å²) in [6.45, 7) is 4.00. The van der Waals surface area contributed by atoms with Gasteiger partial charge in [0.15, 0.2) is 0 Å². The Hall–Kier alpha value is -1.16. The van der Waals surface area contributed by atoms with E-state index >= 15 is 0 Å². The first-order valence-electron chi connectivity index (χ1n) is 3.70. The van der Waals surface area contributed by atoms with Crippen molar-refractivity contribution in [2.24, 2.45) is 0 Å². The summed E-state index contributed by atoms with van der Waals surface area (Å²) >= 11 is 5.36. The summed E-state index contributed by atoms with van der Waals surface area (Å²) in [6, 6.07) is 3.19. The van der Waals surface area contributed by atoms with Crippen LogP contribution < -0.4 is 0 Å². The molecule has 5 heteroatoms. The highest BCUT2D eigenvalue weighted by Gasteiger charge is 2.12. The van der Waals surface area contributed by atoms with Crippen LogP contribution in [0.15, 0.2) is 18.2 Å². The Kier molecular flexibility index (Phi) is 4.99. The van der Waals surface area contributed by atoms with Crippen molar-refractivity contribution in [1.29, 1.82) is 0 Å². The predicted molar refractivity (Wildman–Crippen MR) is 49.4 cm³/mol. The second-order valence-electron chi connectivity index (χ2n) is 1.85. The summed E-state index contributed by atoms with van der Waals surface area (Å²) in [7, 11) is 0. The molecule has 0 aliphatic heterocycles. The van der Waals surface area contributed by atoms with Crippen LogP contribution >= 0.6 is 11.6 Å². The number of benzene rings is 1. The fourth-order valence-corrected chi connectivity index (χ4v) is 0.788. The number of hydrogen-bond acceptors (Lipinski definition) is 2. The highest BCUT2D eigenvalue weighted by Crippen LogP contribution is 2.20. The zero-order chi connectivity index (χ0) is 10.4. The van der Waals surface area contributed by atoms with Crippen LogP contribution in [-0.2, 0) is 0 Å². The van der Waals surface area contributed by atoms with E-state index in [1.165, 1.54) is 6.07 Å². The van der Waals surface area contributed by atoms with Crippen LogP contribution in [-0.4, -0.2) is 4.92 Å². The summed E-state index contributed by atoms with van der Waals surface area (Å²) in [5.41, 5.74) is -0.561. The Morgan fingerprint density at radius 1 is 1.46 bits per heavy atom. The molecule has 0 saturated carbocycles. The first kappa shape index (κ1) is 11.8. The van der Waals surface area contributed by atoms with E-state index in [4.69, 9.17) is 11.6 Å². The molecule has 0 bridgehead atoms. The molecule has 1 aromatic carbocycles. The third kappa shape index (κ3) is 3.38. The average Bonchev–Trinajstić information content (AvgIpc) is 2.07. The van der Waals surface area contributed by atoms with E-state index in [1.54, 1.807) is 0 Å². The normalized spacial score (nSPS) is 8.62. The van der Waals surface area contributed by atoms with Crippen molar-refractivity contribution >= 4 is 17.3 Å². The van der Waals surface area contributed by atoms with Crippen molar-refractivity contribution in [3.63, 3.8) is 0 Å². The summed E-state index contributed by atoms with van der Waals surface area (Å²) in [6.07, 6.45) is 0. The van der Waals surface area contributed by atoms with Gasteiger partial charge in [-0.05, 0) is 12.1 Å². The van der Waals surface area contributed by atoms with Crippen LogP contribution in [0.4, 0.5) is 10.1 Å². The van der Waals surface area contributed by atoms with Crippen molar-refractivity contribution in [3.8, 4) is 0 Å². The number of rotatable bonds is 1. The minimum absolute atomic E-state index is 0.146. The van der Waals surface area contributed by atoms with Crippen molar-refractivity contribution in [2.75, 3.05) is 0 Å². The Labute approximate surface area is 80.3 Å². The quantitative estimate of drug-likeness (QED) is 0.521. The molecule has 3 nitrogen and oxygen atoms in total. The van der Waals surface area contributed by atoms with Crippen LogP contribution in [0.25, 0.3) is 0 Å². The van der Waals surface area contributed by atoms with Gasteiger partial charge in [0, 0.05) is 11.1 Å². The molecule has 0 aliphatic carbocycles. The smallest absolute Gasteiger partial charge is 0.258 e. The van der Waals surface area contributed by atoms with Gasteiger partial charge in [0.25, 0.3) is 0 Å². The first-order valence-corrected chi connectivity index (χ1v) is 4.08. The fourth-order valence-electron chi connectivity index (χ4n) is 0.629. The average molecular weight is 206 g/mol. The summed E-state index contributed by atoms with van der Waals surface area (Å²) in [5.74, 6) is -0.914. The minimum atomic E-state index is -0.914. The Morgan fingerprint density at radius 3 is 2.38 bits per heavy atom. The maximum atomic E-state index is 12.6. The molecule has 0 fully saturated rings. The second-order valence-corrected chi connectivity index (χ2v) is 2.29. The van der Waals surface area contributed by atoms with Gasteiger partial charge in [0.2, 0.25) is 5.82 Å². The summed E-state index contributed by atoms with van der Waals surface area (Å²) in [4.78, 5) is 9.26. The van der Waals surface area contributed by atoms with Gasteiger partial charge in [0.05, 0.1) is 4.92 Å². The standard InChI is InChI=1S/C6H3ClFNO2.C2H6/c7-4-1-2-6(9(10)11)5(8)3-4;1-2/h1-3H;1-2H3. The largest absolute Gasteiger partial charge is 0.304 e. The van der Waals surface area contributed by atoms with Gasteiger partial charge in [-0.15, -0.1) is 0 Å². The zero-order valence-corrected chi connectivity index (χ0v) is 8.01. The number of hydrogen-bond donors (Lipinski definition) is 0. The topological polar surface area (TPSA) is 43.1 Å². The molecule has 0 aliphatic rings. The molecule has 1 aromatic rings. The summed E-state index contributed by atoms with van der Waals surface area (Å²) < 4.78 is 12.6. The number of nitro groups is 1. The third-order valence-electron chi connectivity index (χ3n) is 1.11. The molecule has 0 aromatic heterocycles. The van der Waals surface area contributed by atoms with Crippen molar-refractivity contribution < 1.29 is 9.31 Å². The zero-order valence-electron chi connectivity index (χ0n) is 7.25. The SMILES string of the molecule is CC.O=[N+]([O-])c1ccc(Cl)cc1F. The van der Waals surface area contributed by atoms with Crippen LogP contribution in [0.2, 0.25) is 5.02 Å². The predicted octanol–water partition coefficient (Wildman–Crippen LogP) is 3.41. The van der Waals surface area contributed by atoms with Crippen LogP contribution in [0.3, 0.4) is 0 Å². The number of nitro benzene ring substituents is 1. The van der Waals surface area contributed by atoms with Gasteiger partial charge in [0.1, 0.15) is 0 Å². The fraction of sp³-hybridized carbons (Fsp3) is 0.250. The maximum absolute atomic E-state index is 12.6. The Balaban J connectivity index is 0.000000671. The lowest BCUT2D eigenvalue weighted by Gasteiger charge is -1.92. The first-order chi connectivity index (χ1) is 6.11.